The minimum absolute atomic E-state index is 0.239. The number of benzene rings is 2. The Morgan fingerprint density at radius 2 is 1.96 bits per heavy atom. The first-order valence-electron chi connectivity index (χ1n) is 8.32. The Labute approximate surface area is 162 Å². The molecular weight excluding hydrogens is 364 g/mol. The van der Waals surface area contributed by atoms with E-state index >= 15 is 0 Å². The molecule has 0 aliphatic heterocycles. The normalized spacial score (nSPS) is 10.3. The molecule has 2 N–H and O–H groups in total. The molecule has 6 nitrogen and oxygen atoms in total. The second-order valence-corrected chi connectivity index (χ2v) is 6.30. The average Bonchev–Trinajstić information content (AvgIpc) is 2.69. The molecule has 138 valence electrons. The molecule has 0 atom stereocenters. The summed E-state index contributed by atoms with van der Waals surface area (Å²) in [5.41, 5.74) is 2.99. The van der Waals surface area contributed by atoms with Crippen molar-refractivity contribution in [3.8, 4) is 5.75 Å². The third-order valence-corrected chi connectivity index (χ3v) is 4.20. The van der Waals surface area contributed by atoms with Gasteiger partial charge in [-0.2, -0.15) is 0 Å². The van der Waals surface area contributed by atoms with E-state index in [1.54, 1.807) is 13.2 Å². The first-order valence-corrected chi connectivity index (χ1v) is 8.70. The van der Waals surface area contributed by atoms with Gasteiger partial charge in [-0.05, 0) is 36.8 Å². The van der Waals surface area contributed by atoms with Crippen molar-refractivity contribution in [2.45, 2.75) is 13.5 Å². The Hall–Kier alpha value is -3.12. The molecule has 0 fully saturated rings. The Morgan fingerprint density at radius 3 is 2.67 bits per heavy atom. The van der Waals surface area contributed by atoms with Crippen LogP contribution in [0.2, 0.25) is 5.02 Å². The molecule has 0 unspecified atom stereocenters. The summed E-state index contributed by atoms with van der Waals surface area (Å²) in [6.07, 6.45) is 2.96. The van der Waals surface area contributed by atoms with Gasteiger partial charge in [-0.3, -0.25) is 4.79 Å². The van der Waals surface area contributed by atoms with Crippen LogP contribution in [-0.2, 0) is 6.54 Å². The number of amides is 1. The van der Waals surface area contributed by atoms with Crippen LogP contribution in [0.1, 0.15) is 21.6 Å². The van der Waals surface area contributed by atoms with E-state index in [0.29, 0.717) is 17.4 Å². The van der Waals surface area contributed by atoms with Crippen LogP contribution in [0.5, 0.6) is 5.75 Å². The molecule has 27 heavy (non-hydrogen) atoms. The molecule has 0 bridgehead atoms. The number of aromatic nitrogens is 2. The van der Waals surface area contributed by atoms with Crippen molar-refractivity contribution in [1.82, 2.24) is 15.3 Å². The zero-order valence-corrected chi connectivity index (χ0v) is 15.7. The van der Waals surface area contributed by atoms with Gasteiger partial charge >= 0.3 is 0 Å². The molecule has 0 saturated carbocycles. The zero-order valence-electron chi connectivity index (χ0n) is 15.0. The Morgan fingerprint density at radius 1 is 1.15 bits per heavy atom. The Bertz CT molecular complexity index is 945. The topological polar surface area (TPSA) is 76.1 Å². The standard InChI is InChI=1S/C20H19ClN4O2/c1-13-9-15(21)7-8-16(13)25-19-12-22-17(11-23-19)20(26)24-10-14-5-3-4-6-18(14)27-2/h3-9,11-12H,10H2,1-2H3,(H,23,25)(H,24,26). The molecule has 0 saturated heterocycles. The molecule has 1 heterocycles. The lowest BCUT2D eigenvalue weighted by molar-refractivity contribution is 0.0945. The number of hydrogen-bond donors (Lipinski definition) is 2. The molecule has 3 aromatic rings. The van der Waals surface area contributed by atoms with Crippen molar-refractivity contribution in [3.63, 3.8) is 0 Å². The number of carbonyl (C=O) groups excluding carboxylic acids is 1. The largest absolute Gasteiger partial charge is 0.496 e. The molecule has 3 rings (SSSR count). The van der Waals surface area contributed by atoms with E-state index in [1.807, 2.05) is 43.3 Å². The van der Waals surface area contributed by atoms with E-state index in [1.165, 1.54) is 12.4 Å². The number of hydrogen-bond acceptors (Lipinski definition) is 5. The fraction of sp³-hybridized carbons (Fsp3) is 0.150. The van der Waals surface area contributed by atoms with Gasteiger partial charge in [0.2, 0.25) is 0 Å². The van der Waals surface area contributed by atoms with Crippen molar-refractivity contribution in [3.05, 3.63) is 76.7 Å². The van der Waals surface area contributed by atoms with Crippen molar-refractivity contribution in [2.24, 2.45) is 0 Å². The number of halogens is 1. The summed E-state index contributed by atoms with van der Waals surface area (Å²) in [5, 5.41) is 6.65. The van der Waals surface area contributed by atoms with E-state index in [4.69, 9.17) is 16.3 Å². The van der Waals surface area contributed by atoms with Crippen molar-refractivity contribution < 1.29 is 9.53 Å². The van der Waals surface area contributed by atoms with Crippen LogP contribution in [0.15, 0.2) is 54.9 Å². The minimum atomic E-state index is -0.303. The summed E-state index contributed by atoms with van der Waals surface area (Å²) in [6, 6.07) is 13.0. The van der Waals surface area contributed by atoms with Crippen molar-refractivity contribution >= 4 is 29.0 Å². The monoisotopic (exact) mass is 382 g/mol. The quantitative estimate of drug-likeness (QED) is 0.670. The molecule has 0 aliphatic rings. The number of ether oxygens (including phenoxy) is 1. The molecule has 1 aromatic heterocycles. The van der Waals surface area contributed by atoms with Crippen LogP contribution < -0.4 is 15.4 Å². The molecule has 1 amide bonds. The van der Waals surface area contributed by atoms with E-state index in [0.717, 1.165) is 22.6 Å². The van der Waals surface area contributed by atoms with Crippen LogP contribution in [0, 0.1) is 6.92 Å². The lowest BCUT2D eigenvalue weighted by atomic mass is 10.2. The molecule has 7 heteroatoms. The van der Waals surface area contributed by atoms with E-state index in [2.05, 4.69) is 20.6 Å². The summed E-state index contributed by atoms with van der Waals surface area (Å²) in [5.74, 6) is 0.964. The highest BCUT2D eigenvalue weighted by Crippen LogP contribution is 2.22. The number of anilines is 2. The number of carbonyl (C=O) groups is 1. The van der Waals surface area contributed by atoms with Gasteiger partial charge in [-0.25, -0.2) is 9.97 Å². The maximum absolute atomic E-state index is 12.3. The van der Waals surface area contributed by atoms with Crippen LogP contribution >= 0.6 is 11.6 Å². The number of aryl methyl sites for hydroxylation is 1. The predicted molar refractivity (Wildman–Crippen MR) is 106 cm³/mol. The third kappa shape index (κ3) is 4.74. The van der Waals surface area contributed by atoms with Gasteiger partial charge in [-0.1, -0.05) is 29.8 Å². The van der Waals surface area contributed by atoms with E-state index in [-0.39, 0.29) is 11.6 Å². The van der Waals surface area contributed by atoms with Gasteiger partial charge in [-0.15, -0.1) is 0 Å². The van der Waals surface area contributed by atoms with E-state index in [9.17, 15) is 4.79 Å². The maximum Gasteiger partial charge on any atom is 0.271 e. The summed E-state index contributed by atoms with van der Waals surface area (Å²) in [4.78, 5) is 20.7. The van der Waals surface area contributed by atoms with Crippen molar-refractivity contribution in [1.29, 1.82) is 0 Å². The lowest BCUT2D eigenvalue weighted by Gasteiger charge is -2.10. The number of nitrogens with one attached hydrogen (secondary N) is 2. The third-order valence-electron chi connectivity index (χ3n) is 3.97. The summed E-state index contributed by atoms with van der Waals surface area (Å²) in [7, 11) is 1.60. The van der Waals surface area contributed by atoms with Gasteiger partial charge < -0.3 is 15.4 Å². The predicted octanol–water partition coefficient (Wildman–Crippen LogP) is 4.12. The number of nitrogens with zero attached hydrogens (tertiary/aromatic N) is 2. The number of rotatable bonds is 6. The first kappa shape index (κ1) is 18.7. The lowest BCUT2D eigenvalue weighted by Crippen LogP contribution is -2.24. The van der Waals surface area contributed by atoms with Gasteiger partial charge in [0.1, 0.15) is 17.3 Å². The second-order valence-electron chi connectivity index (χ2n) is 5.87. The molecule has 0 spiro atoms. The fourth-order valence-electron chi connectivity index (χ4n) is 2.53. The first-order chi connectivity index (χ1) is 13.1. The van der Waals surface area contributed by atoms with Gasteiger partial charge in [0.05, 0.1) is 19.5 Å². The van der Waals surface area contributed by atoms with Crippen LogP contribution in [0.25, 0.3) is 0 Å². The second kappa shape index (κ2) is 8.51. The highest BCUT2D eigenvalue weighted by atomic mass is 35.5. The molecular formula is C20H19ClN4O2. The Balaban J connectivity index is 1.63. The van der Waals surface area contributed by atoms with E-state index < -0.39 is 0 Å². The molecule has 0 radical (unpaired) electrons. The summed E-state index contributed by atoms with van der Waals surface area (Å²) in [6.45, 7) is 2.29. The Kier molecular flexibility index (Phi) is 5.88. The minimum Gasteiger partial charge on any atom is -0.496 e. The average molecular weight is 383 g/mol. The maximum atomic E-state index is 12.3. The van der Waals surface area contributed by atoms with Gasteiger partial charge in [0.15, 0.2) is 0 Å². The van der Waals surface area contributed by atoms with Crippen LogP contribution in [-0.4, -0.2) is 23.0 Å². The van der Waals surface area contributed by atoms with Crippen molar-refractivity contribution in [2.75, 3.05) is 12.4 Å². The van der Waals surface area contributed by atoms with Crippen LogP contribution in [0.3, 0.4) is 0 Å². The summed E-state index contributed by atoms with van der Waals surface area (Å²) < 4.78 is 5.28. The number of para-hydroxylation sites is 1. The number of methoxy groups -OCH3 is 1. The van der Waals surface area contributed by atoms with Crippen LogP contribution in [0.4, 0.5) is 11.5 Å². The SMILES string of the molecule is COc1ccccc1CNC(=O)c1cnc(Nc2ccc(Cl)cc2C)cn1. The highest BCUT2D eigenvalue weighted by molar-refractivity contribution is 6.30. The fourth-order valence-corrected chi connectivity index (χ4v) is 2.76. The smallest absolute Gasteiger partial charge is 0.271 e. The van der Waals surface area contributed by atoms with Gasteiger partial charge in [0.25, 0.3) is 5.91 Å². The summed E-state index contributed by atoms with van der Waals surface area (Å²) >= 11 is 5.96. The highest BCUT2D eigenvalue weighted by Gasteiger charge is 2.10. The van der Waals surface area contributed by atoms with Gasteiger partial charge in [0, 0.05) is 22.8 Å². The molecule has 2 aromatic carbocycles. The molecule has 0 aliphatic carbocycles. The zero-order chi connectivity index (χ0) is 19.2.